The van der Waals surface area contributed by atoms with E-state index in [1.807, 2.05) is 91.9 Å². The van der Waals surface area contributed by atoms with Crippen LogP contribution in [-0.4, -0.2) is 66.1 Å². The predicted octanol–water partition coefficient (Wildman–Crippen LogP) is 16.5. The van der Waals surface area contributed by atoms with Gasteiger partial charge in [0.1, 0.15) is 46.5 Å². The van der Waals surface area contributed by atoms with Gasteiger partial charge in [0.15, 0.2) is 0 Å². The summed E-state index contributed by atoms with van der Waals surface area (Å²) < 4.78 is 54.1. The summed E-state index contributed by atoms with van der Waals surface area (Å²) in [6, 6.07) is 54.6. The number of rotatable bonds is 13. The highest BCUT2D eigenvalue weighted by molar-refractivity contribution is 6.16. The predicted molar refractivity (Wildman–Crippen MR) is 405 cm³/mol. The van der Waals surface area contributed by atoms with Crippen LogP contribution in [0.5, 0.6) is 0 Å². The highest BCUT2D eigenvalue weighted by atomic mass is 19.1. The van der Waals surface area contributed by atoms with Crippen LogP contribution in [0.2, 0.25) is 0 Å². The molecule has 2 aliphatic carbocycles. The molecule has 2 fully saturated rings. The lowest BCUT2D eigenvalue weighted by molar-refractivity contribution is 0.0915. The van der Waals surface area contributed by atoms with E-state index in [2.05, 4.69) is 51.2 Å². The van der Waals surface area contributed by atoms with Crippen LogP contribution in [0.3, 0.4) is 0 Å². The number of anilines is 6. The highest BCUT2D eigenvalue weighted by Crippen LogP contribution is 2.36. The van der Waals surface area contributed by atoms with Crippen LogP contribution >= 0.6 is 0 Å². The molecule has 16 rings (SSSR count). The first kappa shape index (κ1) is 70.0. The van der Waals surface area contributed by atoms with Crippen molar-refractivity contribution in [3.05, 3.63) is 289 Å². The Kier molecular flexibility index (Phi) is 20.8. The minimum Gasteiger partial charge on any atom is -0.383 e. The zero-order valence-corrected chi connectivity index (χ0v) is 56.6. The van der Waals surface area contributed by atoms with Crippen molar-refractivity contribution < 1.29 is 36.7 Å². The van der Waals surface area contributed by atoms with Crippen LogP contribution in [-0.2, 0) is 0 Å². The first-order chi connectivity index (χ1) is 50.9. The molecule has 0 aliphatic heterocycles. The van der Waals surface area contributed by atoms with Gasteiger partial charge in [-0.2, -0.15) is 0 Å². The second-order valence-electron chi connectivity index (χ2n) is 25.4. The summed E-state index contributed by atoms with van der Waals surface area (Å²) in [7, 11) is 0. The minimum absolute atomic E-state index is 0.124. The van der Waals surface area contributed by atoms with E-state index in [1.165, 1.54) is 86.2 Å². The molecule has 0 atom stereocenters. The van der Waals surface area contributed by atoms with E-state index in [9.17, 15) is 36.7 Å². The SMILES string of the molecule is Cc1cc(NC(=O)c2cnc(N)c3cc(-c4cccc(F)c4)ccc23)ccn1.Nc1ncc(C(=O)NC2CCC2)c2ccc(-c3cccc(F)c3)cc12.Nc1ncc(C(=O)NCC2CC2)c2ccc(-c3cccc(F)c3)cc12.Nc1ncc(C(=O)Nc2ccncc2)c2ccc(-c3cccc(F)c3)cc12. The largest absolute Gasteiger partial charge is 0.383 e. The standard InChI is InChI=1S/C22H17FN4O.C21H15FN4O.2C20H18FN3O/c1-13-9-17(7-8-25-13)27-22(28)20-12-26-21(24)19-11-15(5-6-18(19)20)14-3-2-4-16(23)10-14;22-15-3-1-2-13(10-15)14-4-5-17-18(11-14)20(23)25-12-19(17)21(27)26-16-6-8-24-9-7-16;21-14-4-1-3-12(9-14)13-7-8-16-17(10-13)19(22)23-11-18(16)20(25)24-15-5-2-6-15;21-15-3-1-2-13(8-15)14-6-7-16-17(9-14)19(22)23-11-18(16)20(25)24-10-12-4-5-12/h2-12H,1H3,(H2,24,26)(H,25,27,28);1-12H,(H2,23,25)(H,24,26,27);1,3-4,7-11,15H,2,5-6H2,(H2,22,23)(H,24,25);1-3,6-9,11-12H,4-5,10H2,(H2,22,23)(H,24,25). The average molecular weight is 1400 g/mol. The number of aryl methyl sites for hydroxylation is 1. The van der Waals surface area contributed by atoms with Crippen LogP contribution in [0.4, 0.5) is 52.2 Å². The van der Waals surface area contributed by atoms with Crippen molar-refractivity contribution >= 4 is 101 Å². The second kappa shape index (κ2) is 31.2. The van der Waals surface area contributed by atoms with E-state index in [1.54, 1.807) is 79.3 Å². The molecule has 0 radical (unpaired) electrons. The maximum atomic E-state index is 13.6. The molecule has 2 saturated carbocycles. The molecule has 6 heterocycles. The van der Waals surface area contributed by atoms with Gasteiger partial charge in [0.2, 0.25) is 0 Å². The maximum Gasteiger partial charge on any atom is 0.257 e. The molecule has 12 N–H and O–H groups in total. The first-order valence-corrected chi connectivity index (χ1v) is 33.7. The lowest BCUT2D eigenvalue weighted by Crippen LogP contribution is -2.39. The molecule has 0 unspecified atom stereocenters. The number of nitrogens with zero attached hydrogens (tertiary/aromatic N) is 6. The van der Waals surface area contributed by atoms with Gasteiger partial charge in [-0.1, -0.05) is 97.1 Å². The van der Waals surface area contributed by atoms with Crippen molar-refractivity contribution in [2.45, 2.75) is 45.1 Å². The summed E-state index contributed by atoms with van der Waals surface area (Å²) in [5, 5.41) is 17.2. The number of hydrogen-bond donors (Lipinski definition) is 8. The van der Waals surface area contributed by atoms with Gasteiger partial charge in [0.25, 0.3) is 23.6 Å². The van der Waals surface area contributed by atoms with Crippen LogP contribution in [0, 0.1) is 36.1 Å². The summed E-state index contributed by atoms with van der Waals surface area (Å²) in [6.45, 7) is 2.55. The molecular weight excluding hydrogens is 1330 g/mol. The summed E-state index contributed by atoms with van der Waals surface area (Å²) in [6.07, 6.45) is 16.3. The molecule has 6 aromatic heterocycles. The van der Waals surface area contributed by atoms with Crippen LogP contribution in [0.25, 0.3) is 87.6 Å². The number of benzene rings is 8. The zero-order chi connectivity index (χ0) is 73.3. The van der Waals surface area contributed by atoms with E-state index in [0.717, 1.165) is 80.2 Å². The fourth-order valence-electron chi connectivity index (χ4n) is 12.1. The number of halogens is 4. The lowest BCUT2D eigenvalue weighted by atomic mass is 9.92. The first-order valence-electron chi connectivity index (χ1n) is 33.7. The topological polar surface area (TPSA) is 298 Å². The summed E-state index contributed by atoms with van der Waals surface area (Å²) in [5.41, 5.74) is 34.3. The van der Waals surface area contributed by atoms with Crippen molar-refractivity contribution in [3.8, 4) is 44.5 Å². The Bertz CT molecular complexity index is 5660. The van der Waals surface area contributed by atoms with E-state index in [0.29, 0.717) is 102 Å². The number of carbonyl (C=O) groups excluding carboxylic acids is 4. The van der Waals surface area contributed by atoms with E-state index >= 15 is 0 Å². The Labute approximate surface area is 600 Å². The van der Waals surface area contributed by atoms with Crippen LogP contribution < -0.4 is 44.2 Å². The summed E-state index contributed by atoms with van der Waals surface area (Å²) in [5.74, 6) is -0.129. The number of aromatic nitrogens is 6. The molecule has 0 spiro atoms. The van der Waals surface area contributed by atoms with Gasteiger partial charge in [-0.05, 0) is 208 Å². The number of carbonyl (C=O) groups is 4. The van der Waals surface area contributed by atoms with Gasteiger partial charge in [-0.25, -0.2) is 37.5 Å². The van der Waals surface area contributed by atoms with Crippen LogP contribution in [0.15, 0.2) is 238 Å². The number of nitrogens with two attached hydrogens (primary N) is 4. The van der Waals surface area contributed by atoms with Gasteiger partial charge in [0.05, 0.1) is 22.3 Å². The highest BCUT2D eigenvalue weighted by Gasteiger charge is 2.25. The Morgan fingerprint density at radius 2 is 0.714 bits per heavy atom. The molecule has 0 saturated heterocycles. The van der Waals surface area contributed by atoms with Crippen molar-refractivity contribution in [3.63, 3.8) is 0 Å². The molecule has 14 aromatic rings. The normalized spacial score (nSPS) is 12.3. The zero-order valence-electron chi connectivity index (χ0n) is 56.6. The van der Waals surface area contributed by atoms with Crippen molar-refractivity contribution in [1.29, 1.82) is 0 Å². The number of hydrogen-bond acceptors (Lipinski definition) is 14. The smallest absolute Gasteiger partial charge is 0.257 e. The Balaban J connectivity index is 0.000000124. The van der Waals surface area contributed by atoms with Crippen molar-refractivity contribution in [2.75, 3.05) is 40.1 Å². The number of nitrogen functional groups attached to an aromatic ring is 4. The molecule has 22 heteroatoms. The van der Waals surface area contributed by atoms with Gasteiger partial charge in [-0.3, -0.25) is 29.1 Å². The third-order valence-corrected chi connectivity index (χ3v) is 18.1. The number of nitrogens with one attached hydrogen (secondary N) is 4. The molecule has 2 aliphatic rings. The molecule has 0 bridgehead atoms. The average Bonchev–Trinajstić information content (AvgIpc) is 1.57. The van der Waals surface area contributed by atoms with E-state index in [-0.39, 0.29) is 52.9 Å². The quantitative estimate of drug-likeness (QED) is 0.0498. The molecule has 18 nitrogen and oxygen atoms in total. The van der Waals surface area contributed by atoms with Gasteiger partial charge < -0.3 is 44.2 Å². The number of fused-ring (bicyclic) bond motifs is 4. The van der Waals surface area contributed by atoms with Crippen molar-refractivity contribution in [2.24, 2.45) is 5.92 Å². The minimum atomic E-state index is -0.316. The monoisotopic (exact) mass is 1400 g/mol. The Hall–Kier alpha value is -13.5. The molecular formula is C83H68F4N14O4. The van der Waals surface area contributed by atoms with Gasteiger partial charge >= 0.3 is 0 Å². The molecule has 105 heavy (non-hydrogen) atoms. The third-order valence-electron chi connectivity index (χ3n) is 18.1. The fourth-order valence-corrected chi connectivity index (χ4v) is 12.1. The van der Waals surface area contributed by atoms with Gasteiger partial charge in [-0.15, -0.1) is 0 Å². The number of amides is 4. The van der Waals surface area contributed by atoms with E-state index < -0.39 is 0 Å². The molecule has 8 aromatic carbocycles. The lowest BCUT2D eigenvalue weighted by Gasteiger charge is -2.26. The summed E-state index contributed by atoms with van der Waals surface area (Å²) >= 11 is 0. The van der Waals surface area contributed by atoms with Gasteiger partial charge in [0, 0.05) is 94.6 Å². The van der Waals surface area contributed by atoms with Crippen molar-refractivity contribution in [1.82, 2.24) is 40.5 Å². The molecule has 4 amide bonds. The maximum absolute atomic E-state index is 13.6. The Morgan fingerprint density at radius 3 is 1.06 bits per heavy atom. The van der Waals surface area contributed by atoms with E-state index in [4.69, 9.17) is 22.9 Å². The third kappa shape index (κ3) is 16.6. The molecule has 522 valence electrons. The Morgan fingerprint density at radius 1 is 0.371 bits per heavy atom. The fraction of sp³-hybridized carbons (Fsp3) is 0.108. The van der Waals surface area contributed by atoms with Crippen LogP contribution in [0.1, 0.15) is 79.2 Å². The summed E-state index contributed by atoms with van der Waals surface area (Å²) in [4.78, 5) is 75.2. The number of pyridine rings is 6. The second-order valence-corrected chi connectivity index (χ2v) is 25.4.